The molecule has 0 aromatic heterocycles. The van der Waals surface area contributed by atoms with Crippen molar-refractivity contribution in [3.63, 3.8) is 0 Å². The fourth-order valence-corrected chi connectivity index (χ4v) is 2.63. The highest BCUT2D eigenvalue weighted by atomic mass is 16.5. The van der Waals surface area contributed by atoms with Crippen LogP contribution in [0.15, 0.2) is 24.3 Å². The van der Waals surface area contributed by atoms with E-state index >= 15 is 0 Å². The molecule has 1 N–H and O–H groups in total. The van der Waals surface area contributed by atoms with Crippen molar-refractivity contribution < 1.29 is 9.47 Å². The van der Waals surface area contributed by atoms with Crippen molar-refractivity contribution >= 4 is 0 Å². The Balaban J connectivity index is 1.38. The first-order valence-electron chi connectivity index (χ1n) is 8.08. The van der Waals surface area contributed by atoms with Crippen LogP contribution in [0.1, 0.15) is 25.3 Å². The van der Waals surface area contributed by atoms with Crippen molar-refractivity contribution in [3.05, 3.63) is 29.8 Å². The zero-order valence-corrected chi connectivity index (χ0v) is 12.9. The molecule has 1 aromatic rings. The second kappa shape index (κ2) is 7.25. The Bertz CT molecular complexity index is 431. The van der Waals surface area contributed by atoms with Crippen molar-refractivity contribution in [1.82, 2.24) is 10.2 Å². The molecular weight excluding hydrogens is 264 g/mol. The molecule has 0 radical (unpaired) electrons. The Kier molecular flexibility index (Phi) is 5.12. The van der Waals surface area contributed by atoms with Gasteiger partial charge in [-0.3, -0.25) is 4.90 Å². The molecule has 1 saturated heterocycles. The molecule has 116 valence electrons. The van der Waals surface area contributed by atoms with Crippen LogP contribution in [0.5, 0.6) is 5.75 Å². The van der Waals surface area contributed by atoms with Gasteiger partial charge in [-0.2, -0.15) is 0 Å². The van der Waals surface area contributed by atoms with Crippen LogP contribution in [0, 0.1) is 0 Å². The number of nitrogens with zero attached hydrogens (tertiary/aromatic N) is 1. The SMILES string of the molecule is CC1COCCN1CCOc1ccc(CNC2CC2)cc1. The van der Waals surface area contributed by atoms with Crippen molar-refractivity contribution in [2.24, 2.45) is 0 Å². The van der Waals surface area contributed by atoms with Crippen molar-refractivity contribution in [3.8, 4) is 5.75 Å². The summed E-state index contributed by atoms with van der Waals surface area (Å²) in [6.07, 6.45) is 2.67. The molecule has 1 atom stereocenters. The Morgan fingerprint density at radius 2 is 2.10 bits per heavy atom. The van der Waals surface area contributed by atoms with Crippen molar-refractivity contribution in [2.75, 3.05) is 32.9 Å². The first kappa shape index (κ1) is 14.8. The summed E-state index contributed by atoms with van der Waals surface area (Å²) < 4.78 is 11.3. The highest BCUT2D eigenvalue weighted by molar-refractivity contribution is 5.27. The molecule has 0 amide bonds. The van der Waals surface area contributed by atoms with E-state index in [1.54, 1.807) is 0 Å². The summed E-state index contributed by atoms with van der Waals surface area (Å²) in [5.41, 5.74) is 1.33. The average Bonchev–Trinajstić information content (AvgIpc) is 3.33. The van der Waals surface area contributed by atoms with E-state index < -0.39 is 0 Å². The molecule has 2 aliphatic rings. The van der Waals surface area contributed by atoms with E-state index in [0.717, 1.165) is 51.2 Å². The lowest BCUT2D eigenvalue weighted by Crippen LogP contribution is -2.45. The van der Waals surface area contributed by atoms with E-state index in [2.05, 4.69) is 41.4 Å². The van der Waals surface area contributed by atoms with Crippen LogP contribution >= 0.6 is 0 Å². The normalized spacial score (nSPS) is 23.2. The molecule has 4 heteroatoms. The molecule has 0 bridgehead atoms. The summed E-state index contributed by atoms with van der Waals surface area (Å²) in [5.74, 6) is 0.964. The topological polar surface area (TPSA) is 33.7 Å². The van der Waals surface area contributed by atoms with E-state index in [1.807, 2.05) is 0 Å². The van der Waals surface area contributed by atoms with Crippen molar-refractivity contribution in [2.45, 2.75) is 38.4 Å². The monoisotopic (exact) mass is 290 g/mol. The number of nitrogens with one attached hydrogen (secondary N) is 1. The first-order valence-corrected chi connectivity index (χ1v) is 8.08. The molecule has 21 heavy (non-hydrogen) atoms. The molecule has 1 saturated carbocycles. The molecule has 1 heterocycles. The maximum atomic E-state index is 5.85. The first-order chi connectivity index (χ1) is 10.3. The molecule has 4 nitrogen and oxygen atoms in total. The van der Waals surface area contributed by atoms with Gasteiger partial charge >= 0.3 is 0 Å². The average molecular weight is 290 g/mol. The van der Waals surface area contributed by atoms with Crippen LogP contribution in [0.4, 0.5) is 0 Å². The number of morpholine rings is 1. The number of benzene rings is 1. The smallest absolute Gasteiger partial charge is 0.119 e. The lowest BCUT2D eigenvalue weighted by molar-refractivity contribution is -0.00514. The van der Waals surface area contributed by atoms with Gasteiger partial charge in [0.1, 0.15) is 12.4 Å². The van der Waals surface area contributed by atoms with E-state index in [1.165, 1.54) is 18.4 Å². The quantitative estimate of drug-likeness (QED) is 0.833. The zero-order chi connectivity index (χ0) is 14.5. The van der Waals surface area contributed by atoms with Gasteiger partial charge in [0.05, 0.1) is 13.2 Å². The van der Waals surface area contributed by atoms with E-state index in [4.69, 9.17) is 9.47 Å². The summed E-state index contributed by atoms with van der Waals surface area (Å²) in [7, 11) is 0. The third kappa shape index (κ3) is 4.70. The minimum atomic E-state index is 0.498. The summed E-state index contributed by atoms with van der Waals surface area (Å²) >= 11 is 0. The van der Waals surface area contributed by atoms with Gasteiger partial charge < -0.3 is 14.8 Å². The number of hydrogen-bond donors (Lipinski definition) is 1. The van der Waals surface area contributed by atoms with Gasteiger partial charge in [0, 0.05) is 31.7 Å². The van der Waals surface area contributed by atoms with Crippen LogP contribution in [0.25, 0.3) is 0 Å². The van der Waals surface area contributed by atoms with Gasteiger partial charge in [-0.05, 0) is 37.5 Å². The lowest BCUT2D eigenvalue weighted by Gasteiger charge is -2.32. The van der Waals surface area contributed by atoms with Gasteiger partial charge in [0.2, 0.25) is 0 Å². The lowest BCUT2D eigenvalue weighted by atomic mass is 10.2. The van der Waals surface area contributed by atoms with Gasteiger partial charge in [-0.1, -0.05) is 12.1 Å². The minimum Gasteiger partial charge on any atom is -0.492 e. The predicted molar refractivity (Wildman–Crippen MR) is 83.7 cm³/mol. The summed E-state index contributed by atoms with van der Waals surface area (Å²) in [6.45, 7) is 7.57. The fraction of sp³-hybridized carbons (Fsp3) is 0.647. The molecule has 1 aliphatic carbocycles. The number of hydrogen-bond acceptors (Lipinski definition) is 4. The van der Waals surface area contributed by atoms with Crippen LogP contribution in [-0.4, -0.2) is 49.9 Å². The fourth-order valence-electron chi connectivity index (χ4n) is 2.63. The van der Waals surface area contributed by atoms with E-state index in [0.29, 0.717) is 6.04 Å². The Morgan fingerprint density at radius 1 is 1.29 bits per heavy atom. The molecule has 1 unspecified atom stereocenters. The zero-order valence-electron chi connectivity index (χ0n) is 12.9. The third-order valence-electron chi connectivity index (χ3n) is 4.25. The third-order valence-corrected chi connectivity index (χ3v) is 4.25. The van der Waals surface area contributed by atoms with Crippen LogP contribution < -0.4 is 10.1 Å². The van der Waals surface area contributed by atoms with Crippen LogP contribution in [0.3, 0.4) is 0 Å². The Hall–Kier alpha value is -1.10. The Morgan fingerprint density at radius 3 is 2.81 bits per heavy atom. The highest BCUT2D eigenvalue weighted by Crippen LogP contribution is 2.20. The largest absolute Gasteiger partial charge is 0.492 e. The molecule has 0 spiro atoms. The van der Waals surface area contributed by atoms with E-state index in [9.17, 15) is 0 Å². The summed E-state index contributed by atoms with van der Waals surface area (Å²) in [4.78, 5) is 2.43. The maximum absolute atomic E-state index is 5.85. The molecule has 3 rings (SSSR count). The van der Waals surface area contributed by atoms with Crippen LogP contribution in [0.2, 0.25) is 0 Å². The molecule has 1 aromatic carbocycles. The second-order valence-electron chi connectivity index (χ2n) is 6.11. The molecule has 1 aliphatic heterocycles. The van der Waals surface area contributed by atoms with Crippen molar-refractivity contribution in [1.29, 1.82) is 0 Å². The number of rotatable bonds is 7. The maximum Gasteiger partial charge on any atom is 0.119 e. The van der Waals surface area contributed by atoms with Gasteiger partial charge in [0.15, 0.2) is 0 Å². The Labute approximate surface area is 127 Å². The van der Waals surface area contributed by atoms with Gasteiger partial charge in [-0.15, -0.1) is 0 Å². The van der Waals surface area contributed by atoms with Crippen LogP contribution in [-0.2, 0) is 11.3 Å². The van der Waals surface area contributed by atoms with Gasteiger partial charge in [0.25, 0.3) is 0 Å². The van der Waals surface area contributed by atoms with Gasteiger partial charge in [-0.25, -0.2) is 0 Å². The number of ether oxygens (including phenoxy) is 2. The second-order valence-corrected chi connectivity index (χ2v) is 6.11. The summed E-state index contributed by atoms with van der Waals surface area (Å²) in [5, 5.41) is 3.52. The molecular formula is C17H26N2O2. The standard InChI is InChI=1S/C17H26N2O2/c1-14-13-20-10-8-19(14)9-11-21-17-6-2-15(3-7-17)12-18-16-4-5-16/h2-3,6-7,14,16,18H,4-5,8-13H2,1H3. The minimum absolute atomic E-state index is 0.498. The highest BCUT2D eigenvalue weighted by Gasteiger charge is 2.20. The predicted octanol–water partition coefficient (Wildman–Crippen LogP) is 2.04. The van der Waals surface area contributed by atoms with E-state index in [-0.39, 0.29) is 0 Å². The summed E-state index contributed by atoms with van der Waals surface area (Å²) in [6, 6.07) is 9.72. The molecule has 2 fully saturated rings.